The fourth-order valence-electron chi connectivity index (χ4n) is 1.77. The molecule has 0 bridgehead atoms. The van der Waals surface area contributed by atoms with Crippen molar-refractivity contribution in [3.8, 4) is 11.3 Å². The highest BCUT2D eigenvalue weighted by atomic mass is 32.1. The standard InChI is InChI=1S/C11H8N4OS/c1-7-10(8-4-12-6-13-5-8)15-9(16)2-3-14-11(15)17-7/h2-6H,1H3. The second-order valence-electron chi connectivity index (χ2n) is 3.54. The van der Waals surface area contributed by atoms with Crippen LogP contribution in [0.1, 0.15) is 4.88 Å². The van der Waals surface area contributed by atoms with E-state index in [1.54, 1.807) is 16.8 Å². The summed E-state index contributed by atoms with van der Waals surface area (Å²) in [5.41, 5.74) is 1.56. The molecule has 6 heteroatoms. The summed E-state index contributed by atoms with van der Waals surface area (Å²) in [5.74, 6) is 0. The zero-order valence-corrected chi connectivity index (χ0v) is 9.81. The molecular formula is C11H8N4OS. The van der Waals surface area contributed by atoms with Gasteiger partial charge < -0.3 is 0 Å². The van der Waals surface area contributed by atoms with Crippen LogP contribution in [0.2, 0.25) is 0 Å². The van der Waals surface area contributed by atoms with Gasteiger partial charge in [0.05, 0.1) is 5.69 Å². The molecule has 0 aromatic carbocycles. The van der Waals surface area contributed by atoms with Gasteiger partial charge >= 0.3 is 0 Å². The van der Waals surface area contributed by atoms with Crippen LogP contribution in [0.15, 0.2) is 35.8 Å². The summed E-state index contributed by atoms with van der Waals surface area (Å²) in [4.78, 5) is 25.7. The number of aromatic nitrogens is 4. The highest BCUT2D eigenvalue weighted by Gasteiger charge is 2.13. The summed E-state index contributed by atoms with van der Waals surface area (Å²) in [5, 5.41) is 0. The van der Waals surface area contributed by atoms with Crippen LogP contribution in [0, 0.1) is 6.92 Å². The summed E-state index contributed by atoms with van der Waals surface area (Å²) < 4.78 is 1.60. The van der Waals surface area contributed by atoms with Crippen molar-refractivity contribution in [2.45, 2.75) is 6.92 Å². The van der Waals surface area contributed by atoms with Crippen molar-refractivity contribution in [2.75, 3.05) is 0 Å². The van der Waals surface area contributed by atoms with Gasteiger partial charge in [0.2, 0.25) is 0 Å². The largest absolute Gasteiger partial charge is 0.269 e. The van der Waals surface area contributed by atoms with Crippen molar-refractivity contribution in [1.82, 2.24) is 19.4 Å². The normalized spacial score (nSPS) is 10.9. The topological polar surface area (TPSA) is 60.2 Å². The van der Waals surface area contributed by atoms with Crippen LogP contribution in [-0.2, 0) is 0 Å². The van der Waals surface area contributed by atoms with E-state index in [9.17, 15) is 4.79 Å². The minimum atomic E-state index is -0.0850. The maximum absolute atomic E-state index is 11.9. The fourth-order valence-corrected chi connectivity index (χ4v) is 2.73. The molecule has 0 atom stereocenters. The molecule has 0 spiro atoms. The molecule has 3 aromatic heterocycles. The average Bonchev–Trinajstić information content (AvgIpc) is 2.68. The van der Waals surface area contributed by atoms with Gasteiger partial charge in [-0.1, -0.05) is 0 Å². The molecule has 0 aliphatic carbocycles. The number of rotatable bonds is 1. The van der Waals surface area contributed by atoms with E-state index >= 15 is 0 Å². The van der Waals surface area contributed by atoms with Gasteiger partial charge in [-0.05, 0) is 6.92 Å². The third kappa shape index (κ3) is 1.53. The van der Waals surface area contributed by atoms with Crippen molar-refractivity contribution >= 4 is 16.3 Å². The lowest BCUT2D eigenvalue weighted by Crippen LogP contribution is -2.12. The van der Waals surface area contributed by atoms with Gasteiger partial charge in [-0.15, -0.1) is 11.3 Å². The zero-order valence-electron chi connectivity index (χ0n) is 8.99. The Morgan fingerprint density at radius 3 is 2.82 bits per heavy atom. The second kappa shape index (κ2) is 3.74. The number of hydrogen-bond acceptors (Lipinski definition) is 5. The van der Waals surface area contributed by atoms with Crippen LogP contribution in [0.5, 0.6) is 0 Å². The molecule has 5 nitrogen and oxygen atoms in total. The van der Waals surface area contributed by atoms with Crippen LogP contribution < -0.4 is 5.56 Å². The molecule has 0 aliphatic rings. The van der Waals surface area contributed by atoms with Crippen LogP contribution in [0.3, 0.4) is 0 Å². The maximum atomic E-state index is 11.9. The van der Waals surface area contributed by atoms with Gasteiger partial charge in [0, 0.05) is 35.1 Å². The van der Waals surface area contributed by atoms with Crippen molar-refractivity contribution in [1.29, 1.82) is 0 Å². The van der Waals surface area contributed by atoms with Gasteiger partial charge in [-0.25, -0.2) is 15.0 Å². The molecular weight excluding hydrogens is 236 g/mol. The summed E-state index contributed by atoms with van der Waals surface area (Å²) in [6.07, 6.45) is 6.38. The van der Waals surface area contributed by atoms with E-state index in [1.807, 2.05) is 6.92 Å². The summed E-state index contributed by atoms with van der Waals surface area (Å²) >= 11 is 1.48. The lowest BCUT2D eigenvalue weighted by molar-refractivity contribution is 1.07. The number of hydrogen-bond donors (Lipinski definition) is 0. The second-order valence-corrected chi connectivity index (χ2v) is 4.72. The van der Waals surface area contributed by atoms with E-state index < -0.39 is 0 Å². The lowest BCUT2D eigenvalue weighted by atomic mass is 10.2. The molecule has 0 unspecified atom stereocenters. The van der Waals surface area contributed by atoms with Gasteiger partial charge in [-0.3, -0.25) is 9.20 Å². The van der Waals surface area contributed by atoms with Crippen molar-refractivity contribution in [3.05, 3.63) is 46.2 Å². The smallest absolute Gasteiger partial charge is 0.258 e. The summed E-state index contributed by atoms with van der Waals surface area (Å²) in [6, 6.07) is 1.45. The van der Waals surface area contributed by atoms with Crippen LogP contribution >= 0.6 is 11.3 Å². The molecule has 0 N–H and O–H groups in total. The summed E-state index contributed by atoms with van der Waals surface area (Å²) in [7, 11) is 0. The van der Waals surface area contributed by atoms with Crippen molar-refractivity contribution in [3.63, 3.8) is 0 Å². The molecule has 0 saturated heterocycles. The Labute approximate surface area is 100 Å². The molecule has 0 amide bonds. The minimum Gasteiger partial charge on any atom is -0.269 e. The Morgan fingerprint density at radius 2 is 2.06 bits per heavy atom. The van der Waals surface area contributed by atoms with E-state index in [4.69, 9.17) is 0 Å². The van der Waals surface area contributed by atoms with E-state index in [-0.39, 0.29) is 5.56 Å². The first-order valence-electron chi connectivity index (χ1n) is 5.00. The van der Waals surface area contributed by atoms with Gasteiger partial charge in [-0.2, -0.15) is 0 Å². The number of nitrogens with zero attached hydrogens (tertiary/aromatic N) is 4. The predicted octanol–water partition coefficient (Wildman–Crippen LogP) is 1.52. The fraction of sp³-hybridized carbons (Fsp3) is 0.0909. The Hall–Kier alpha value is -2.08. The van der Waals surface area contributed by atoms with E-state index in [2.05, 4.69) is 15.0 Å². The van der Waals surface area contributed by atoms with Gasteiger partial charge in [0.1, 0.15) is 6.33 Å². The molecule has 0 fully saturated rings. The zero-order chi connectivity index (χ0) is 11.8. The molecule has 0 radical (unpaired) electrons. The minimum absolute atomic E-state index is 0.0850. The molecule has 3 aromatic rings. The Kier molecular flexibility index (Phi) is 2.22. The van der Waals surface area contributed by atoms with Crippen LogP contribution in [0.25, 0.3) is 16.2 Å². The Balaban J connectivity index is 2.44. The molecule has 17 heavy (non-hydrogen) atoms. The Morgan fingerprint density at radius 1 is 1.29 bits per heavy atom. The molecule has 0 aliphatic heterocycles. The predicted molar refractivity (Wildman–Crippen MR) is 65.1 cm³/mol. The van der Waals surface area contributed by atoms with Gasteiger partial charge in [0.15, 0.2) is 4.96 Å². The first kappa shape index (κ1) is 10.1. The Bertz CT molecular complexity index is 732. The molecule has 3 rings (SSSR count). The average molecular weight is 244 g/mol. The molecule has 0 saturated carbocycles. The van der Waals surface area contributed by atoms with E-state index in [1.165, 1.54) is 29.9 Å². The summed E-state index contributed by atoms with van der Waals surface area (Å²) in [6.45, 7) is 1.96. The van der Waals surface area contributed by atoms with Gasteiger partial charge in [0.25, 0.3) is 5.56 Å². The number of thiazole rings is 1. The third-order valence-corrected chi connectivity index (χ3v) is 3.42. The van der Waals surface area contributed by atoms with Crippen LogP contribution in [-0.4, -0.2) is 19.4 Å². The SMILES string of the molecule is Cc1sc2nccc(=O)n2c1-c1cncnc1. The monoisotopic (exact) mass is 244 g/mol. The van der Waals surface area contributed by atoms with Crippen molar-refractivity contribution < 1.29 is 0 Å². The van der Waals surface area contributed by atoms with Crippen molar-refractivity contribution in [2.24, 2.45) is 0 Å². The lowest BCUT2D eigenvalue weighted by Gasteiger charge is -2.00. The maximum Gasteiger partial charge on any atom is 0.258 e. The quantitative estimate of drug-likeness (QED) is 0.651. The third-order valence-electron chi connectivity index (χ3n) is 2.45. The number of fused-ring (bicyclic) bond motifs is 1. The molecule has 3 heterocycles. The number of aryl methyl sites for hydroxylation is 1. The van der Waals surface area contributed by atoms with Crippen LogP contribution in [0.4, 0.5) is 0 Å². The highest BCUT2D eigenvalue weighted by molar-refractivity contribution is 7.17. The first-order chi connectivity index (χ1) is 8.27. The molecule has 84 valence electrons. The van der Waals surface area contributed by atoms with E-state index in [0.717, 1.165) is 16.1 Å². The first-order valence-corrected chi connectivity index (χ1v) is 5.81. The van der Waals surface area contributed by atoms with E-state index in [0.29, 0.717) is 4.96 Å². The highest BCUT2D eigenvalue weighted by Crippen LogP contribution is 2.27.